The predicted octanol–water partition coefficient (Wildman–Crippen LogP) is 3.35. The Bertz CT molecular complexity index is 851. The molecule has 0 saturated carbocycles. The zero-order valence-corrected chi connectivity index (χ0v) is 14.3. The molecule has 0 aromatic heterocycles. The molecule has 1 aliphatic carbocycles. The molecule has 1 aliphatic heterocycles. The van der Waals surface area contributed by atoms with Crippen molar-refractivity contribution in [3.8, 4) is 11.1 Å². The molecule has 5 nitrogen and oxygen atoms in total. The minimum Gasteiger partial charge on any atom is -0.480 e. The second kappa shape index (κ2) is 6.44. The van der Waals surface area contributed by atoms with E-state index >= 15 is 0 Å². The molecule has 25 heavy (non-hydrogen) atoms. The van der Waals surface area contributed by atoms with Crippen LogP contribution >= 0.6 is 11.8 Å². The van der Waals surface area contributed by atoms with Crippen molar-refractivity contribution in [2.75, 3.05) is 11.6 Å². The molecule has 1 saturated heterocycles. The van der Waals surface area contributed by atoms with Crippen molar-refractivity contribution in [3.05, 3.63) is 59.2 Å². The van der Waals surface area contributed by atoms with E-state index in [1.165, 1.54) is 38.9 Å². The van der Waals surface area contributed by atoms with E-state index in [9.17, 15) is 14.7 Å². The zero-order valence-electron chi connectivity index (χ0n) is 13.5. The average molecular weight is 355 g/mol. The number of fused-ring (bicyclic) bond motifs is 3. The molecule has 1 fully saturated rings. The standard InChI is InChI=1S/C19H17NO4S/c21-18(22)17-10-25-11-20(17)19(23)24-9-13-5-3-7-15-14-6-2-1-4-12(14)8-16(13)15/h1-7,17H,8-11H2,(H,21,22). The number of carboxylic acids is 1. The summed E-state index contributed by atoms with van der Waals surface area (Å²) in [5.74, 6) is -0.229. The van der Waals surface area contributed by atoms with Gasteiger partial charge in [0.05, 0.1) is 5.88 Å². The van der Waals surface area contributed by atoms with Gasteiger partial charge in [0, 0.05) is 5.75 Å². The fourth-order valence-corrected chi connectivity index (χ4v) is 4.54. The lowest BCUT2D eigenvalue weighted by Gasteiger charge is -2.20. The normalized spacial score (nSPS) is 17.9. The Hall–Kier alpha value is -2.47. The highest BCUT2D eigenvalue weighted by molar-refractivity contribution is 7.99. The lowest BCUT2D eigenvalue weighted by atomic mass is 10.0. The summed E-state index contributed by atoms with van der Waals surface area (Å²) in [7, 11) is 0. The van der Waals surface area contributed by atoms with Crippen molar-refractivity contribution < 1.29 is 19.4 Å². The van der Waals surface area contributed by atoms with Crippen molar-refractivity contribution in [2.24, 2.45) is 0 Å². The Morgan fingerprint density at radius 2 is 1.96 bits per heavy atom. The molecule has 0 bridgehead atoms. The number of amides is 1. The van der Waals surface area contributed by atoms with E-state index in [2.05, 4.69) is 18.2 Å². The van der Waals surface area contributed by atoms with Gasteiger partial charge in [-0.05, 0) is 34.2 Å². The van der Waals surface area contributed by atoms with E-state index in [-0.39, 0.29) is 6.61 Å². The van der Waals surface area contributed by atoms with Gasteiger partial charge in [-0.25, -0.2) is 9.59 Å². The van der Waals surface area contributed by atoms with Crippen LogP contribution < -0.4 is 0 Å². The van der Waals surface area contributed by atoms with Crippen molar-refractivity contribution in [3.63, 3.8) is 0 Å². The lowest BCUT2D eigenvalue weighted by molar-refractivity contribution is -0.141. The number of carbonyl (C=O) groups excluding carboxylic acids is 1. The van der Waals surface area contributed by atoms with Crippen LogP contribution in [0.3, 0.4) is 0 Å². The summed E-state index contributed by atoms with van der Waals surface area (Å²) in [5.41, 5.74) is 5.85. The van der Waals surface area contributed by atoms with Gasteiger partial charge in [-0.1, -0.05) is 42.5 Å². The predicted molar refractivity (Wildman–Crippen MR) is 95.5 cm³/mol. The maximum atomic E-state index is 12.3. The molecule has 1 atom stereocenters. The first kappa shape index (κ1) is 16.0. The number of carbonyl (C=O) groups is 2. The number of carboxylic acid groups (broad SMARTS) is 1. The first-order valence-corrected chi connectivity index (χ1v) is 9.23. The smallest absolute Gasteiger partial charge is 0.411 e. The van der Waals surface area contributed by atoms with Gasteiger partial charge in [-0.3, -0.25) is 4.90 Å². The van der Waals surface area contributed by atoms with Gasteiger partial charge < -0.3 is 9.84 Å². The molecule has 6 heteroatoms. The Kier molecular flexibility index (Phi) is 4.13. The Labute approximate surface area is 149 Å². The van der Waals surface area contributed by atoms with Crippen molar-refractivity contribution in [1.82, 2.24) is 4.90 Å². The van der Waals surface area contributed by atoms with Gasteiger partial charge in [0.15, 0.2) is 0 Å². The molecule has 2 aromatic carbocycles. The third-order valence-corrected chi connectivity index (χ3v) is 5.71. The van der Waals surface area contributed by atoms with Crippen LogP contribution in [-0.4, -0.2) is 39.7 Å². The number of nitrogens with zero attached hydrogens (tertiary/aromatic N) is 1. The van der Waals surface area contributed by atoms with E-state index < -0.39 is 18.1 Å². The van der Waals surface area contributed by atoms with Crippen LogP contribution in [0.25, 0.3) is 11.1 Å². The average Bonchev–Trinajstić information content (AvgIpc) is 3.24. The molecular formula is C19H17NO4S. The molecule has 0 radical (unpaired) electrons. The van der Waals surface area contributed by atoms with E-state index in [1.54, 1.807) is 0 Å². The van der Waals surface area contributed by atoms with Crippen molar-refractivity contribution in [2.45, 2.75) is 19.1 Å². The van der Waals surface area contributed by atoms with Crippen LogP contribution in [-0.2, 0) is 22.6 Å². The van der Waals surface area contributed by atoms with Gasteiger partial charge in [0.2, 0.25) is 0 Å². The number of aliphatic carboxylic acids is 1. The quantitative estimate of drug-likeness (QED) is 0.780. The molecule has 1 heterocycles. The van der Waals surface area contributed by atoms with Crippen molar-refractivity contribution in [1.29, 1.82) is 0 Å². The highest BCUT2D eigenvalue weighted by atomic mass is 32.2. The first-order chi connectivity index (χ1) is 12.1. The summed E-state index contributed by atoms with van der Waals surface area (Å²) in [6, 6.07) is 13.5. The minimum atomic E-state index is -0.988. The maximum absolute atomic E-state index is 12.3. The maximum Gasteiger partial charge on any atom is 0.411 e. The van der Waals surface area contributed by atoms with E-state index in [1.807, 2.05) is 24.3 Å². The van der Waals surface area contributed by atoms with Crippen LogP contribution in [0.5, 0.6) is 0 Å². The molecule has 2 aliphatic rings. The number of benzene rings is 2. The Morgan fingerprint density at radius 1 is 1.16 bits per heavy atom. The Morgan fingerprint density at radius 3 is 2.80 bits per heavy atom. The summed E-state index contributed by atoms with van der Waals surface area (Å²) < 4.78 is 5.43. The largest absolute Gasteiger partial charge is 0.480 e. The van der Waals surface area contributed by atoms with Crippen LogP contribution in [0.2, 0.25) is 0 Å². The van der Waals surface area contributed by atoms with Gasteiger partial charge in [0.1, 0.15) is 12.6 Å². The molecule has 0 spiro atoms. The molecule has 1 unspecified atom stereocenters. The first-order valence-electron chi connectivity index (χ1n) is 8.08. The third-order valence-electron chi connectivity index (χ3n) is 4.70. The van der Waals surface area contributed by atoms with E-state index in [0.29, 0.717) is 11.6 Å². The highest BCUT2D eigenvalue weighted by Gasteiger charge is 2.35. The molecule has 2 aromatic rings. The summed E-state index contributed by atoms with van der Waals surface area (Å²) in [5, 5.41) is 9.18. The number of hydrogen-bond acceptors (Lipinski definition) is 4. The molecule has 1 N–H and O–H groups in total. The summed E-state index contributed by atoms with van der Waals surface area (Å²) in [6.45, 7) is 0.156. The van der Waals surface area contributed by atoms with Crippen molar-refractivity contribution >= 4 is 23.8 Å². The molecule has 1 amide bonds. The number of rotatable bonds is 3. The number of ether oxygens (including phenoxy) is 1. The van der Waals surface area contributed by atoms with Crippen LogP contribution in [0.1, 0.15) is 16.7 Å². The molecular weight excluding hydrogens is 338 g/mol. The Balaban J connectivity index is 1.50. The fourth-order valence-electron chi connectivity index (χ4n) is 3.41. The van der Waals surface area contributed by atoms with Gasteiger partial charge in [-0.15, -0.1) is 11.8 Å². The second-order valence-corrected chi connectivity index (χ2v) is 7.16. The SMILES string of the molecule is O=C(O)C1CSCN1C(=O)OCc1cccc2c1Cc1ccccc1-2. The number of thioether (sulfide) groups is 1. The minimum absolute atomic E-state index is 0.156. The summed E-state index contributed by atoms with van der Waals surface area (Å²) in [4.78, 5) is 24.8. The van der Waals surface area contributed by atoms with Crippen LogP contribution in [0, 0.1) is 0 Å². The van der Waals surface area contributed by atoms with Crippen LogP contribution in [0.15, 0.2) is 42.5 Å². The topological polar surface area (TPSA) is 66.8 Å². The third kappa shape index (κ3) is 2.87. The molecule has 4 rings (SSSR count). The van der Waals surface area contributed by atoms with Crippen LogP contribution in [0.4, 0.5) is 4.79 Å². The number of hydrogen-bond donors (Lipinski definition) is 1. The second-order valence-electron chi connectivity index (χ2n) is 6.16. The fraction of sp³-hybridized carbons (Fsp3) is 0.263. The summed E-state index contributed by atoms with van der Waals surface area (Å²) >= 11 is 1.42. The van der Waals surface area contributed by atoms with Gasteiger partial charge >= 0.3 is 12.1 Å². The molecule has 128 valence electrons. The lowest BCUT2D eigenvalue weighted by Crippen LogP contribution is -2.42. The van der Waals surface area contributed by atoms with E-state index in [4.69, 9.17) is 4.74 Å². The highest BCUT2D eigenvalue weighted by Crippen LogP contribution is 2.38. The summed E-state index contributed by atoms with van der Waals surface area (Å²) in [6.07, 6.45) is 0.266. The van der Waals surface area contributed by atoms with Gasteiger partial charge in [0.25, 0.3) is 0 Å². The zero-order chi connectivity index (χ0) is 17.4. The monoisotopic (exact) mass is 355 g/mol. The van der Waals surface area contributed by atoms with Gasteiger partial charge in [-0.2, -0.15) is 0 Å². The van der Waals surface area contributed by atoms with E-state index in [0.717, 1.165) is 12.0 Å².